The average Bonchev–Trinajstić information content (AvgIpc) is 2.35. The maximum Gasteiger partial charge on any atom is 0.303 e. The molecule has 102 valence electrons. The van der Waals surface area contributed by atoms with Crippen LogP contribution in [0.1, 0.15) is 61.1 Å². The fourth-order valence-corrected chi connectivity index (χ4v) is 3.57. The van der Waals surface area contributed by atoms with Crippen LogP contribution in [0, 0.1) is 5.92 Å². The van der Waals surface area contributed by atoms with E-state index in [0.29, 0.717) is 12.3 Å². The summed E-state index contributed by atoms with van der Waals surface area (Å²) in [5.74, 6) is 0.172. The Bertz CT molecular complexity index is 474. The highest BCUT2D eigenvalue weighted by atomic mass is 16.4. The van der Waals surface area contributed by atoms with Crippen molar-refractivity contribution >= 4 is 5.97 Å². The molecule has 0 bridgehead atoms. The molecule has 3 rings (SSSR count). The van der Waals surface area contributed by atoms with Crippen LogP contribution < -0.4 is 0 Å². The quantitative estimate of drug-likeness (QED) is 0.888. The predicted octanol–water partition coefficient (Wildman–Crippen LogP) is 3.92. The normalized spacial score (nSPS) is 20.4. The van der Waals surface area contributed by atoms with E-state index in [0.717, 1.165) is 0 Å². The van der Waals surface area contributed by atoms with Gasteiger partial charge in [0.05, 0.1) is 6.42 Å². The number of hydrogen-bond donors (Lipinski definition) is 1. The van der Waals surface area contributed by atoms with Crippen molar-refractivity contribution in [3.63, 3.8) is 0 Å². The van der Waals surface area contributed by atoms with Crippen molar-refractivity contribution < 1.29 is 9.90 Å². The van der Waals surface area contributed by atoms with Gasteiger partial charge in [-0.3, -0.25) is 4.79 Å². The van der Waals surface area contributed by atoms with Gasteiger partial charge in [0.15, 0.2) is 0 Å². The molecule has 0 aromatic heterocycles. The number of aliphatic carboxylic acids is 1. The minimum Gasteiger partial charge on any atom is -0.481 e. The second kappa shape index (κ2) is 5.36. The molecule has 2 aliphatic carbocycles. The summed E-state index contributed by atoms with van der Waals surface area (Å²) >= 11 is 0. The summed E-state index contributed by atoms with van der Waals surface area (Å²) in [4.78, 5) is 11.1. The van der Waals surface area contributed by atoms with Crippen LogP contribution in [0.15, 0.2) is 18.2 Å². The van der Waals surface area contributed by atoms with Gasteiger partial charge in [-0.2, -0.15) is 0 Å². The summed E-state index contributed by atoms with van der Waals surface area (Å²) in [6.07, 6.45) is 8.92. The predicted molar refractivity (Wildman–Crippen MR) is 75.4 cm³/mol. The lowest BCUT2D eigenvalue weighted by Gasteiger charge is -2.34. The maximum atomic E-state index is 11.1. The van der Waals surface area contributed by atoms with Gasteiger partial charge in [-0.1, -0.05) is 24.6 Å². The molecule has 1 saturated carbocycles. The fraction of sp³-hybridized carbons (Fsp3) is 0.588. The van der Waals surface area contributed by atoms with Gasteiger partial charge in [-0.25, -0.2) is 0 Å². The lowest BCUT2D eigenvalue weighted by atomic mass is 9.71. The third-order valence-electron chi connectivity index (χ3n) is 4.91. The molecule has 1 N–H and O–H groups in total. The van der Waals surface area contributed by atoms with Crippen molar-refractivity contribution in [3.05, 3.63) is 34.9 Å². The van der Waals surface area contributed by atoms with E-state index < -0.39 is 5.97 Å². The number of fused-ring (bicyclic) bond motifs is 1. The number of benzene rings is 1. The van der Waals surface area contributed by atoms with Gasteiger partial charge in [0.2, 0.25) is 0 Å². The van der Waals surface area contributed by atoms with Gasteiger partial charge in [-0.15, -0.1) is 0 Å². The van der Waals surface area contributed by atoms with Crippen molar-refractivity contribution in [3.8, 4) is 0 Å². The smallest absolute Gasteiger partial charge is 0.303 e. The van der Waals surface area contributed by atoms with Gasteiger partial charge in [0.25, 0.3) is 0 Å². The maximum absolute atomic E-state index is 11.1. The highest BCUT2D eigenvalue weighted by molar-refractivity contribution is 5.68. The van der Waals surface area contributed by atoms with Gasteiger partial charge in [-0.05, 0) is 67.1 Å². The zero-order valence-corrected chi connectivity index (χ0v) is 11.4. The second-order valence-corrected chi connectivity index (χ2v) is 6.13. The first-order valence-electron chi connectivity index (χ1n) is 7.57. The molecule has 1 fully saturated rings. The van der Waals surface area contributed by atoms with E-state index in [2.05, 4.69) is 18.2 Å². The van der Waals surface area contributed by atoms with E-state index in [-0.39, 0.29) is 5.92 Å². The molecule has 1 aromatic rings. The van der Waals surface area contributed by atoms with Crippen molar-refractivity contribution in [1.29, 1.82) is 0 Å². The first-order valence-corrected chi connectivity index (χ1v) is 7.57. The minimum absolute atomic E-state index is 0.235. The summed E-state index contributed by atoms with van der Waals surface area (Å²) in [6, 6.07) is 6.74. The Morgan fingerprint density at radius 2 is 1.89 bits per heavy atom. The third-order valence-corrected chi connectivity index (χ3v) is 4.91. The van der Waals surface area contributed by atoms with Crippen LogP contribution in [0.5, 0.6) is 0 Å². The van der Waals surface area contributed by atoms with E-state index in [1.54, 1.807) is 0 Å². The summed E-state index contributed by atoms with van der Waals surface area (Å²) in [6.45, 7) is 0. The molecule has 1 atom stereocenters. The molecule has 0 amide bonds. The molecule has 0 radical (unpaired) electrons. The Kier molecular flexibility index (Phi) is 3.58. The van der Waals surface area contributed by atoms with Crippen molar-refractivity contribution in [2.24, 2.45) is 5.92 Å². The molecule has 2 nitrogen and oxygen atoms in total. The molecule has 0 aliphatic heterocycles. The van der Waals surface area contributed by atoms with Crippen molar-refractivity contribution in [2.45, 2.75) is 57.3 Å². The zero-order valence-electron chi connectivity index (χ0n) is 11.4. The molecule has 1 unspecified atom stereocenters. The lowest BCUT2D eigenvalue weighted by molar-refractivity contribution is -0.138. The van der Waals surface area contributed by atoms with Gasteiger partial charge < -0.3 is 5.11 Å². The molecular formula is C17H22O2. The number of aryl methyl sites for hydroxylation is 2. The molecule has 0 saturated heterocycles. The van der Waals surface area contributed by atoms with Crippen LogP contribution in [0.25, 0.3) is 0 Å². The SMILES string of the molecule is O=C(O)CC(c1ccc2c(c1)CCCC2)C1CCC1. The Morgan fingerprint density at radius 1 is 1.16 bits per heavy atom. The first kappa shape index (κ1) is 12.7. The van der Waals surface area contributed by atoms with Crippen LogP contribution in [0.3, 0.4) is 0 Å². The first-order chi connectivity index (χ1) is 9.24. The van der Waals surface area contributed by atoms with E-state index in [4.69, 9.17) is 5.11 Å². The number of carboxylic acid groups (broad SMARTS) is 1. The molecule has 0 heterocycles. The lowest BCUT2D eigenvalue weighted by Crippen LogP contribution is -2.23. The van der Waals surface area contributed by atoms with E-state index >= 15 is 0 Å². The molecule has 2 aliphatic rings. The standard InChI is InChI=1S/C17H22O2/c18-17(19)11-16(13-6-3-7-13)15-9-8-12-4-1-2-5-14(12)10-15/h8-10,13,16H,1-7,11H2,(H,18,19). The molecule has 1 aromatic carbocycles. The summed E-state index contributed by atoms with van der Waals surface area (Å²) in [5, 5.41) is 9.15. The van der Waals surface area contributed by atoms with Crippen molar-refractivity contribution in [1.82, 2.24) is 0 Å². The van der Waals surface area contributed by atoms with E-state index in [1.807, 2.05) is 0 Å². The number of carbonyl (C=O) groups is 1. The molecule has 19 heavy (non-hydrogen) atoms. The molecule has 2 heteroatoms. The largest absolute Gasteiger partial charge is 0.481 e. The van der Waals surface area contributed by atoms with Gasteiger partial charge in [0.1, 0.15) is 0 Å². The summed E-state index contributed by atoms with van der Waals surface area (Å²) < 4.78 is 0. The highest BCUT2D eigenvalue weighted by Crippen LogP contribution is 2.42. The van der Waals surface area contributed by atoms with Crippen LogP contribution in [0.4, 0.5) is 0 Å². The summed E-state index contributed by atoms with van der Waals surface area (Å²) in [7, 11) is 0. The van der Waals surface area contributed by atoms with Crippen LogP contribution in [0.2, 0.25) is 0 Å². The number of rotatable bonds is 4. The average molecular weight is 258 g/mol. The van der Waals surface area contributed by atoms with E-state index in [1.165, 1.54) is 61.6 Å². The zero-order chi connectivity index (χ0) is 13.2. The second-order valence-electron chi connectivity index (χ2n) is 6.13. The Balaban J connectivity index is 1.86. The van der Waals surface area contributed by atoms with Crippen molar-refractivity contribution in [2.75, 3.05) is 0 Å². The Hall–Kier alpha value is -1.31. The van der Waals surface area contributed by atoms with Gasteiger partial charge >= 0.3 is 5.97 Å². The van der Waals surface area contributed by atoms with Crippen LogP contribution in [-0.2, 0) is 17.6 Å². The highest BCUT2D eigenvalue weighted by Gasteiger charge is 2.30. The van der Waals surface area contributed by atoms with Crippen LogP contribution >= 0.6 is 0 Å². The number of hydrogen-bond acceptors (Lipinski definition) is 1. The molecule has 0 spiro atoms. The fourth-order valence-electron chi connectivity index (χ4n) is 3.57. The minimum atomic E-state index is -0.658. The molecular weight excluding hydrogens is 236 g/mol. The number of carboxylic acids is 1. The van der Waals surface area contributed by atoms with Gasteiger partial charge in [0, 0.05) is 0 Å². The summed E-state index contributed by atoms with van der Waals surface area (Å²) in [5.41, 5.74) is 4.23. The van der Waals surface area contributed by atoms with E-state index in [9.17, 15) is 4.79 Å². The Morgan fingerprint density at radius 3 is 2.53 bits per heavy atom. The Labute approximate surface area is 114 Å². The monoisotopic (exact) mass is 258 g/mol. The van der Waals surface area contributed by atoms with Crippen LogP contribution in [-0.4, -0.2) is 11.1 Å². The third kappa shape index (κ3) is 2.68. The topological polar surface area (TPSA) is 37.3 Å².